The van der Waals surface area contributed by atoms with E-state index in [2.05, 4.69) is 10.7 Å². The Morgan fingerprint density at radius 2 is 2.11 bits per heavy atom. The number of hydrazine groups is 1. The van der Waals surface area contributed by atoms with E-state index in [1.807, 2.05) is 0 Å². The van der Waals surface area contributed by atoms with Crippen LogP contribution >= 0.6 is 0 Å². The van der Waals surface area contributed by atoms with Gasteiger partial charge < -0.3 is 9.73 Å². The van der Waals surface area contributed by atoms with Gasteiger partial charge in [-0.25, -0.2) is 4.79 Å². The number of furan rings is 1. The van der Waals surface area contributed by atoms with Crippen LogP contribution in [0.4, 0.5) is 10.5 Å². The fraction of sp³-hybridized carbons (Fsp3) is 0.118. The minimum absolute atomic E-state index is 0.124. The molecular formula is C17H14N4O6. The van der Waals surface area contributed by atoms with Crippen molar-refractivity contribution in [2.75, 3.05) is 0 Å². The summed E-state index contributed by atoms with van der Waals surface area (Å²) in [5.41, 5.74) is 1.03. The maximum absolute atomic E-state index is 12.5. The zero-order valence-corrected chi connectivity index (χ0v) is 14.0. The molecule has 0 radical (unpaired) electrons. The molecule has 2 aromatic rings. The van der Waals surface area contributed by atoms with Gasteiger partial charge in [-0.3, -0.25) is 25.1 Å². The summed E-state index contributed by atoms with van der Waals surface area (Å²) in [6, 6.07) is 7.94. The van der Waals surface area contributed by atoms with Gasteiger partial charge in [-0.2, -0.15) is 5.01 Å². The lowest BCUT2D eigenvalue weighted by atomic mass is 10.00. The van der Waals surface area contributed by atoms with Crippen molar-refractivity contribution in [3.05, 3.63) is 70.2 Å². The van der Waals surface area contributed by atoms with Crippen molar-refractivity contribution < 1.29 is 23.7 Å². The predicted octanol–water partition coefficient (Wildman–Crippen LogP) is 1.70. The number of carbonyl (C=O) groups is 3. The molecule has 1 aromatic heterocycles. The first-order valence-electron chi connectivity index (χ1n) is 7.75. The van der Waals surface area contributed by atoms with Crippen LogP contribution in [0.2, 0.25) is 0 Å². The number of non-ortho nitro benzene ring substituents is 1. The van der Waals surface area contributed by atoms with Crippen molar-refractivity contribution in [1.82, 2.24) is 15.8 Å². The van der Waals surface area contributed by atoms with Crippen LogP contribution in [-0.4, -0.2) is 27.8 Å². The first-order chi connectivity index (χ1) is 12.8. The van der Waals surface area contributed by atoms with Crippen molar-refractivity contribution in [1.29, 1.82) is 0 Å². The number of imide groups is 1. The highest BCUT2D eigenvalue weighted by Gasteiger charge is 2.51. The fourth-order valence-electron chi connectivity index (χ4n) is 2.53. The number of nitrogens with one attached hydrogen (secondary N) is 2. The van der Waals surface area contributed by atoms with Crippen LogP contribution in [0.25, 0.3) is 6.08 Å². The third-order valence-corrected chi connectivity index (χ3v) is 3.94. The summed E-state index contributed by atoms with van der Waals surface area (Å²) in [6.45, 7) is 1.46. The molecule has 0 unspecified atom stereocenters. The second-order valence-electron chi connectivity index (χ2n) is 5.83. The Bertz CT molecular complexity index is 952. The van der Waals surface area contributed by atoms with E-state index in [0.717, 1.165) is 6.08 Å². The van der Waals surface area contributed by atoms with Gasteiger partial charge in [0.2, 0.25) is 0 Å². The average Bonchev–Trinajstić information content (AvgIpc) is 3.25. The van der Waals surface area contributed by atoms with Gasteiger partial charge in [0.15, 0.2) is 5.54 Å². The van der Waals surface area contributed by atoms with Crippen LogP contribution < -0.4 is 10.7 Å². The largest absolute Gasteiger partial charge is 0.466 e. The second-order valence-corrected chi connectivity index (χ2v) is 5.83. The van der Waals surface area contributed by atoms with Gasteiger partial charge in [0.1, 0.15) is 5.76 Å². The third kappa shape index (κ3) is 3.40. The molecule has 0 aliphatic carbocycles. The van der Waals surface area contributed by atoms with Crippen molar-refractivity contribution in [3.8, 4) is 0 Å². The number of nitro benzene ring substituents is 1. The number of nitrogens with zero attached hydrogens (tertiary/aromatic N) is 2. The molecular weight excluding hydrogens is 356 g/mol. The number of carbonyl (C=O) groups excluding carboxylic acids is 3. The van der Waals surface area contributed by atoms with Gasteiger partial charge in [-0.15, -0.1) is 0 Å². The Morgan fingerprint density at radius 1 is 1.33 bits per heavy atom. The van der Waals surface area contributed by atoms with E-state index in [-0.39, 0.29) is 11.4 Å². The quantitative estimate of drug-likeness (QED) is 0.356. The normalized spacial score (nSPS) is 19.4. The minimum Gasteiger partial charge on any atom is -0.466 e. The summed E-state index contributed by atoms with van der Waals surface area (Å²) < 4.78 is 5.18. The Kier molecular flexibility index (Phi) is 4.46. The summed E-state index contributed by atoms with van der Waals surface area (Å²) in [6.07, 6.45) is 3.75. The monoisotopic (exact) mass is 370 g/mol. The van der Waals surface area contributed by atoms with Crippen molar-refractivity contribution in [2.45, 2.75) is 12.5 Å². The van der Waals surface area contributed by atoms with E-state index in [0.29, 0.717) is 10.6 Å². The zero-order valence-electron chi connectivity index (χ0n) is 14.0. The number of urea groups is 1. The molecule has 2 heterocycles. The first kappa shape index (κ1) is 17.9. The molecule has 0 saturated carbocycles. The summed E-state index contributed by atoms with van der Waals surface area (Å²) in [7, 11) is 0. The Balaban J connectivity index is 1.71. The topological polar surface area (TPSA) is 135 Å². The lowest BCUT2D eigenvalue weighted by Crippen LogP contribution is -2.47. The second kappa shape index (κ2) is 6.75. The summed E-state index contributed by atoms with van der Waals surface area (Å²) in [4.78, 5) is 46.9. The van der Waals surface area contributed by atoms with Crippen LogP contribution in [0.1, 0.15) is 18.2 Å². The number of hydrogen-bond acceptors (Lipinski definition) is 6. The standard InChI is InChI=1S/C17H14N4O6/c1-17(13-6-3-9-27-13)15(23)20(16(24)18-17)19-14(22)8-7-11-4-2-5-12(10-11)21(25)26/h2-10H,1H3,(H,18,24)(H,19,22)/b8-7+/t17-/m1/s1. The van der Waals surface area contributed by atoms with E-state index in [1.54, 1.807) is 12.1 Å². The highest BCUT2D eigenvalue weighted by Crippen LogP contribution is 2.28. The summed E-state index contributed by atoms with van der Waals surface area (Å²) in [5.74, 6) is -1.24. The Hall–Kier alpha value is -3.95. The van der Waals surface area contributed by atoms with Crippen LogP contribution in [0.5, 0.6) is 0 Å². The molecule has 2 N–H and O–H groups in total. The number of amides is 4. The van der Waals surface area contributed by atoms with E-state index in [4.69, 9.17) is 4.42 Å². The van der Waals surface area contributed by atoms with Gasteiger partial charge in [-0.1, -0.05) is 12.1 Å². The highest BCUT2D eigenvalue weighted by molar-refractivity contribution is 6.08. The van der Waals surface area contributed by atoms with E-state index >= 15 is 0 Å². The van der Waals surface area contributed by atoms with Crippen molar-refractivity contribution >= 4 is 29.6 Å². The third-order valence-electron chi connectivity index (χ3n) is 3.94. The molecule has 3 rings (SSSR count). The summed E-state index contributed by atoms with van der Waals surface area (Å²) in [5, 5.41) is 13.8. The van der Waals surface area contributed by atoms with Crippen LogP contribution in [0, 0.1) is 10.1 Å². The molecule has 10 heteroatoms. The van der Waals surface area contributed by atoms with Gasteiger partial charge in [-0.05, 0) is 30.7 Å². The lowest BCUT2D eigenvalue weighted by Gasteiger charge is -2.18. The van der Waals surface area contributed by atoms with E-state index in [1.165, 1.54) is 43.5 Å². The van der Waals surface area contributed by atoms with Gasteiger partial charge >= 0.3 is 6.03 Å². The van der Waals surface area contributed by atoms with Gasteiger partial charge in [0.05, 0.1) is 11.2 Å². The number of rotatable bonds is 5. The van der Waals surface area contributed by atoms with E-state index < -0.39 is 28.3 Å². The van der Waals surface area contributed by atoms with Gasteiger partial charge in [0, 0.05) is 18.2 Å². The molecule has 4 amide bonds. The highest BCUT2D eigenvalue weighted by atomic mass is 16.6. The van der Waals surface area contributed by atoms with E-state index in [9.17, 15) is 24.5 Å². The minimum atomic E-state index is -1.43. The van der Waals surface area contributed by atoms with Crippen LogP contribution in [0.15, 0.2) is 53.2 Å². The number of hydrogen-bond donors (Lipinski definition) is 2. The van der Waals surface area contributed by atoms with Crippen LogP contribution in [0.3, 0.4) is 0 Å². The maximum Gasteiger partial charge on any atom is 0.344 e. The molecule has 138 valence electrons. The Labute approximate surface area is 152 Å². The lowest BCUT2D eigenvalue weighted by molar-refractivity contribution is -0.384. The SMILES string of the molecule is C[C@]1(c2ccco2)NC(=O)N(NC(=O)/C=C/c2cccc([N+](=O)[O-])c2)C1=O. The first-order valence-corrected chi connectivity index (χ1v) is 7.75. The molecule has 1 atom stereocenters. The summed E-state index contributed by atoms with van der Waals surface area (Å²) >= 11 is 0. The molecule has 0 spiro atoms. The molecule has 1 aromatic carbocycles. The smallest absolute Gasteiger partial charge is 0.344 e. The fourth-order valence-corrected chi connectivity index (χ4v) is 2.53. The maximum atomic E-state index is 12.5. The zero-order chi connectivity index (χ0) is 19.6. The van der Waals surface area contributed by atoms with Gasteiger partial charge in [0.25, 0.3) is 17.5 Å². The molecule has 27 heavy (non-hydrogen) atoms. The molecule has 1 aliphatic heterocycles. The number of benzene rings is 1. The predicted molar refractivity (Wildman–Crippen MR) is 91.7 cm³/mol. The van der Waals surface area contributed by atoms with Crippen molar-refractivity contribution in [2.24, 2.45) is 0 Å². The molecule has 1 aliphatic rings. The van der Waals surface area contributed by atoms with Crippen LogP contribution in [-0.2, 0) is 15.1 Å². The number of nitro groups is 1. The Morgan fingerprint density at radius 3 is 2.78 bits per heavy atom. The molecule has 1 saturated heterocycles. The molecule has 10 nitrogen and oxygen atoms in total. The molecule has 1 fully saturated rings. The molecule has 0 bridgehead atoms. The average molecular weight is 370 g/mol. The van der Waals surface area contributed by atoms with Crippen molar-refractivity contribution in [3.63, 3.8) is 0 Å².